The maximum absolute atomic E-state index is 10.7. The molecular formula is C29H50O. The van der Waals surface area contributed by atoms with Crippen LogP contribution in [0.3, 0.4) is 0 Å². The molecule has 4 aliphatic carbocycles. The molecule has 1 unspecified atom stereocenters. The fraction of sp³-hybridized carbons (Fsp3) is 0.931. The summed E-state index contributed by atoms with van der Waals surface area (Å²) < 4.78 is 0. The van der Waals surface area contributed by atoms with Crippen molar-refractivity contribution < 1.29 is 5.11 Å². The fourth-order valence-electron chi connectivity index (χ4n) is 9.41. The van der Waals surface area contributed by atoms with Crippen LogP contribution in [0.2, 0.25) is 0 Å². The second-order valence-corrected chi connectivity index (χ2v) is 13.5. The van der Waals surface area contributed by atoms with E-state index in [1.165, 1.54) is 57.8 Å². The van der Waals surface area contributed by atoms with Crippen molar-refractivity contribution in [3.8, 4) is 0 Å². The predicted molar refractivity (Wildman–Crippen MR) is 128 cm³/mol. The average Bonchev–Trinajstić information content (AvgIpc) is 3.02. The van der Waals surface area contributed by atoms with Gasteiger partial charge in [0.25, 0.3) is 0 Å². The summed E-state index contributed by atoms with van der Waals surface area (Å²) in [7, 11) is 0. The van der Waals surface area contributed by atoms with Gasteiger partial charge in [0.15, 0.2) is 0 Å². The lowest BCUT2D eigenvalue weighted by atomic mass is 9.44. The van der Waals surface area contributed by atoms with E-state index in [1.54, 1.807) is 5.57 Å². The Labute approximate surface area is 187 Å². The van der Waals surface area contributed by atoms with Crippen molar-refractivity contribution in [1.29, 1.82) is 0 Å². The Balaban J connectivity index is 1.54. The van der Waals surface area contributed by atoms with Crippen molar-refractivity contribution >= 4 is 0 Å². The molecule has 8 atom stereocenters. The van der Waals surface area contributed by atoms with Crippen LogP contribution < -0.4 is 0 Å². The number of aliphatic hydroxyl groups is 1. The minimum Gasteiger partial charge on any atom is -0.392 e. The lowest BCUT2D eigenvalue weighted by Gasteiger charge is -2.61. The first-order chi connectivity index (χ1) is 14.0. The van der Waals surface area contributed by atoms with Crippen LogP contribution in [0.1, 0.15) is 113 Å². The minimum atomic E-state index is -0.162. The normalized spacial score (nSPS) is 46.0. The van der Waals surface area contributed by atoms with Gasteiger partial charge in [-0.1, -0.05) is 79.4 Å². The maximum atomic E-state index is 10.7. The average molecular weight is 415 g/mol. The van der Waals surface area contributed by atoms with Crippen molar-refractivity contribution in [2.45, 2.75) is 119 Å². The molecular weight excluding hydrogens is 364 g/mol. The molecule has 0 spiro atoms. The third-order valence-corrected chi connectivity index (χ3v) is 11.1. The zero-order valence-electron chi connectivity index (χ0n) is 21.1. The number of hydrogen-bond donors (Lipinski definition) is 1. The van der Waals surface area contributed by atoms with Gasteiger partial charge in [-0.3, -0.25) is 0 Å². The van der Waals surface area contributed by atoms with Crippen molar-refractivity contribution in [2.75, 3.05) is 0 Å². The van der Waals surface area contributed by atoms with Gasteiger partial charge in [0, 0.05) is 5.41 Å². The van der Waals surface area contributed by atoms with Crippen LogP contribution in [0, 0.1) is 51.8 Å². The highest BCUT2D eigenvalue weighted by molar-refractivity contribution is 5.31. The summed E-state index contributed by atoms with van der Waals surface area (Å²) >= 11 is 0. The molecule has 1 N–H and O–H groups in total. The molecule has 0 aromatic rings. The zero-order chi connectivity index (χ0) is 21.9. The number of aliphatic hydroxyl groups excluding tert-OH is 1. The van der Waals surface area contributed by atoms with E-state index in [-0.39, 0.29) is 11.5 Å². The quantitative estimate of drug-likeness (QED) is 0.451. The summed E-state index contributed by atoms with van der Waals surface area (Å²) in [5.74, 6) is 5.34. The van der Waals surface area contributed by atoms with Crippen molar-refractivity contribution in [3.63, 3.8) is 0 Å². The Morgan fingerprint density at radius 1 is 0.933 bits per heavy atom. The monoisotopic (exact) mass is 414 g/mol. The van der Waals surface area contributed by atoms with E-state index in [0.29, 0.717) is 10.8 Å². The van der Waals surface area contributed by atoms with Gasteiger partial charge in [0.1, 0.15) is 0 Å². The topological polar surface area (TPSA) is 20.2 Å². The molecule has 0 bridgehead atoms. The maximum Gasteiger partial charge on any atom is 0.0628 e. The molecule has 30 heavy (non-hydrogen) atoms. The molecule has 4 aliphatic rings. The molecule has 1 heteroatoms. The molecule has 1 nitrogen and oxygen atoms in total. The van der Waals surface area contributed by atoms with Crippen molar-refractivity contribution in [2.24, 2.45) is 51.8 Å². The molecule has 0 amide bonds. The van der Waals surface area contributed by atoms with E-state index >= 15 is 0 Å². The molecule has 0 saturated heterocycles. The minimum absolute atomic E-state index is 0.0398. The molecule has 0 heterocycles. The van der Waals surface area contributed by atoms with Gasteiger partial charge in [0.05, 0.1) is 6.10 Å². The van der Waals surface area contributed by atoms with E-state index in [2.05, 4.69) is 54.5 Å². The molecule has 4 rings (SSSR count). The SMILES string of the molecule is CC(C)CCC[C@@H](C)[C@H]1CC[C@H]2[C@@H]3CC=C4C(C)(C)C(O)CC[C@]4(C)[C@H]3CC[C@]12C. The van der Waals surface area contributed by atoms with Gasteiger partial charge in [-0.25, -0.2) is 0 Å². The summed E-state index contributed by atoms with van der Waals surface area (Å²) in [6.07, 6.45) is 16.0. The number of rotatable bonds is 5. The van der Waals surface area contributed by atoms with Gasteiger partial charge in [-0.2, -0.15) is 0 Å². The van der Waals surface area contributed by atoms with Crippen LogP contribution in [0.25, 0.3) is 0 Å². The molecule has 3 fully saturated rings. The highest BCUT2D eigenvalue weighted by Crippen LogP contribution is 2.68. The molecule has 0 aromatic carbocycles. The Bertz CT molecular complexity index is 659. The third kappa shape index (κ3) is 3.45. The van der Waals surface area contributed by atoms with Crippen LogP contribution in [-0.4, -0.2) is 11.2 Å². The van der Waals surface area contributed by atoms with E-state index in [4.69, 9.17) is 0 Å². The summed E-state index contributed by atoms with van der Waals surface area (Å²) in [6.45, 7) is 17.2. The molecule has 0 aliphatic heterocycles. The smallest absolute Gasteiger partial charge is 0.0628 e. The first kappa shape index (κ1) is 22.9. The third-order valence-electron chi connectivity index (χ3n) is 11.1. The van der Waals surface area contributed by atoms with Crippen LogP contribution in [-0.2, 0) is 0 Å². The molecule has 3 saturated carbocycles. The van der Waals surface area contributed by atoms with Crippen molar-refractivity contribution in [3.05, 3.63) is 11.6 Å². The van der Waals surface area contributed by atoms with Crippen LogP contribution >= 0.6 is 0 Å². The largest absolute Gasteiger partial charge is 0.392 e. The van der Waals surface area contributed by atoms with Gasteiger partial charge < -0.3 is 5.11 Å². The molecule has 0 aromatic heterocycles. The Kier molecular flexibility index (Phi) is 6.05. The van der Waals surface area contributed by atoms with Crippen LogP contribution in [0.4, 0.5) is 0 Å². The van der Waals surface area contributed by atoms with Gasteiger partial charge in [0.2, 0.25) is 0 Å². The Morgan fingerprint density at radius 2 is 1.67 bits per heavy atom. The second-order valence-electron chi connectivity index (χ2n) is 13.5. The fourth-order valence-corrected chi connectivity index (χ4v) is 9.41. The lowest BCUT2D eigenvalue weighted by molar-refractivity contribution is -0.0782. The summed E-state index contributed by atoms with van der Waals surface area (Å²) in [4.78, 5) is 0. The number of allylic oxidation sites excluding steroid dienone is 1. The van der Waals surface area contributed by atoms with E-state index < -0.39 is 0 Å². The summed E-state index contributed by atoms with van der Waals surface area (Å²) in [5.41, 5.74) is 2.47. The zero-order valence-corrected chi connectivity index (χ0v) is 21.1. The summed E-state index contributed by atoms with van der Waals surface area (Å²) in [6, 6.07) is 0. The standard InChI is InChI=1S/C29H50O/c1-19(2)9-8-10-20(3)22-12-13-23-21-11-14-25-27(4,5)26(30)16-18-29(25,7)24(21)15-17-28(22,23)6/h14,19-24,26,30H,8-13,15-18H2,1-7H3/t20-,21+,22-,23+,24+,26?,28-,29-/m1/s1. The summed E-state index contributed by atoms with van der Waals surface area (Å²) in [5, 5.41) is 10.7. The van der Waals surface area contributed by atoms with Crippen LogP contribution in [0.5, 0.6) is 0 Å². The number of hydrogen-bond acceptors (Lipinski definition) is 1. The van der Waals surface area contributed by atoms with Gasteiger partial charge in [-0.15, -0.1) is 0 Å². The predicted octanol–water partition coefficient (Wildman–Crippen LogP) is 8.02. The highest BCUT2D eigenvalue weighted by atomic mass is 16.3. The van der Waals surface area contributed by atoms with Crippen molar-refractivity contribution in [1.82, 2.24) is 0 Å². The molecule has 172 valence electrons. The Morgan fingerprint density at radius 3 is 2.37 bits per heavy atom. The number of fused-ring (bicyclic) bond motifs is 5. The highest BCUT2D eigenvalue weighted by Gasteiger charge is 2.61. The first-order valence-electron chi connectivity index (χ1n) is 13.4. The van der Waals surface area contributed by atoms with Gasteiger partial charge in [-0.05, 0) is 91.3 Å². The molecule has 0 radical (unpaired) electrons. The Hall–Kier alpha value is -0.300. The van der Waals surface area contributed by atoms with Gasteiger partial charge >= 0.3 is 0 Å². The van der Waals surface area contributed by atoms with E-state index in [0.717, 1.165) is 41.9 Å². The van der Waals surface area contributed by atoms with E-state index in [1.807, 2.05) is 0 Å². The second kappa shape index (κ2) is 7.93. The first-order valence-corrected chi connectivity index (χ1v) is 13.4. The lowest BCUT2D eigenvalue weighted by Crippen LogP contribution is -2.54. The van der Waals surface area contributed by atoms with E-state index in [9.17, 15) is 5.11 Å². The van der Waals surface area contributed by atoms with Crippen LogP contribution in [0.15, 0.2) is 11.6 Å².